The molecule has 1 fully saturated rings. The highest BCUT2D eigenvalue weighted by Gasteiger charge is 2.42. The third-order valence-electron chi connectivity index (χ3n) is 5.44. The summed E-state index contributed by atoms with van der Waals surface area (Å²) in [5.41, 5.74) is 1.66. The Kier molecular flexibility index (Phi) is 4.63. The summed E-state index contributed by atoms with van der Waals surface area (Å²) in [6, 6.07) is 7.61. The molecule has 1 amide bonds. The zero-order valence-corrected chi connectivity index (χ0v) is 15.9. The Morgan fingerprint density at radius 1 is 1.19 bits per heavy atom. The lowest BCUT2D eigenvalue weighted by Crippen LogP contribution is -2.48. The van der Waals surface area contributed by atoms with E-state index in [9.17, 15) is 4.79 Å². The molecule has 1 spiro atoms. The predicted molar refractivity (Wildman–Crippen MR) is 100 cm³/mol. The van der Waals surface area contributed by atoms with Crippen molar-refractivity contribution in [1.29, 1.82) is 0 Å². The van der Waals surface area contributed by atoms with Crippen LogP contribution in [0.15, 0.2) is 29.6 Å². The summed E-state index contributed by atoms with van der Waals surface area (Å²) in [7, 11) is 3.14. The van der Waals surface area contributed by atoms with Gasteiger partial charge in [-0.3, -0.25) is 4.79 Å². The van der Waals surface area contributed by atoms with Crippen molar-refractivity contribution >= 4 is 17.2 Å². The molecule has 0 unspecified atom stereocenters. The minimum atomic E-state index is -0.219. The van der Waals surface area contributed by atoms with Crippen LogP contribution in [0.1, 0.15) is 33.6 Å². The van der Waals surface area contributed by atoms with Gasteiger partial charge in [-0.2, -0.15) is 0 Å². The van der Waals surface area contributed by atoms with Crippen molar-refractivity contribution in [2.24, 2.45) is 0 Å². The maximum atomic E-state index is 13.1. The van der Waals surface area contributed by atoms with Crippen LogP contribution < -0.4 is 9.47 Å². The van der Waals surface area contributed by atoms with Gasteiger partial charge in [-0.1, -0.05) is 6.07 Å². The van der Waals surface area contributed by atoms with Crippen molar-refractivity contribution in [3.8, 4) is 11.5 Å². The van der Waals surface area contributed by atoms with Crippen LogP contribution in [-0.2, 0) is 16.8 Å². The van der Waals surface area contributed by atoms with Gasteiger partial charge in [0.15, 0.2) is 11.5 Å². The van der Waals surface area contributed by atoms with Crippen molar-refractivity contribution in [3.63, 3.8) is 0 Å². The van der Waals surface area contributed by atoms with Crippen LogP contribution in [0.5, 0.6) is 11.5 Å². The number of carbonyl (C=O) groups is 1. The summed E-state index contributed by atoms with van der Waals surface area (Å²) in [5, 5.41) is 2.15. The fraction of sp³-hybridized carbons (Fsp3) is 0.450. The third kappa shape index (κ3) is 2.77. The molecule has 4 rings (SSSR count). The van der Waals surface area contributed by atoms with Gasteiger partial charge in [0, 0.05) is 24.4 Å². The maximum absolute atomic E-state index is 13.1. The standard InChI is InChI=1S/C20H23NO4S/c1-23-16-5-3-4-14(18(16)24-2)19(22)21-10-8-20(9-11-21)15-7-13-26-17(15)6-12-25-20/h3-5,7,13H,6,8-12H2,1-2H3. The topological polar surface area (TPSA) is 48.0 Å². The van der Waals surface area contributed by atoms with E-state index in [4.69, 9.17) is 14.2 Å². The molecule has 6 heteroatoms. The summed E-state index contributed by atoms with van der Waals surface area (Å²) in [4.78, 5) is 16.4. The first-order valence-corrected chi connectivity index (χ1v) is 9.77. The van der Waals surface area contributed by atoms with Gasteiger partial charge < -0.3 is 19.1 Å². The van der Waals surface area contributed by atoms with Gasteiger partial charge in [0.25, 0.3) is 5.91 Å². The summed E-state index contributed by atoms with van der Waals surface area (Å²) < 4.78 is 17.0. The van der Waals surface area contributed by atoms with E-state index in [1.165, 1.54) is 10.4 Å². The quantitative estimate of drug-likeness (QED) is 0.827. The summed E-state index contributed by atoms with van der Waals surface area (Å²) >= 11 is 1.82. The number of ether oxygens (including phenoxy) is 3. The number of amides is 1. The van der Waals surface area contributed by atoms with E-state index in [2.05, 4.69) is 11.4 Å². The molecule has 3 heterocycles. The van der Waals surface area contributed by atoms with Crippen LogP contribution in [0.3, 0.4) is 0 Å². The Balaban J connectivity index is 1.54. The number of methoxy groups -OCH3 is 2. The number of nitrogens with zero attached hydrogens (tertiary/aromatic N) is 1. The SMILES string of the molecule is COc1cccc(C(=O)N2CCC3(CC2)OCCc2sccc23)c1OC. The first-order chi connectivity index (χ1) is 12.7. The van der Waals surface area contributed by atoms with Crippen LogP contribution in [0.2, 0.25) is 0 Å². The third-order valence-corrected chi connectivity index (χ3v) is 6.42. The van der Waals surface area contributed by atoms with Gasteiger partial charge in [0.2, 0.25) is 0 Å². The van der Waals surface area contributed by atoms with E-state index in [0.717, 1.165) is 25.9 Å². The number of fused-ring (bicyclic) bond motifs is 2. The lowest BCUT2D eigenvalue weighted by atomic mass is 9.82. The Bertz CT molecular complexity index is 808. The molecule has 5 nitrogen and oxygen atoms in total. The van der Waals surface area contributed by atoms with E-state index in [-0.39, 0.29) is 11.5 Å². The van der Waals surface area contributed by atoms with Gasteiger partial charge in [-0.25, -0.2) is 0 Å². The van der Waals surface area contributed by atoms with E-state index < -0.39 is 0 Å². The highest BCUT2D eigenvalue weighted by molar-refractivity contribution is 7.10. The fourth-order valence-corrected chi connectivity index (χ4v) is 5.02. The van der Waals surface area contributed by atoms with Crippen molar-refractivity contribution in [2.45, 2.75) is 24.9 Å². The van der Waals surface area contributed by atoms with Crippen LogP contribution in [-0.4, -0.2) is 44.7 Å². The first-order valence-electron chi connectivity index (χ1n) is 8.89. The lowest BCUT2D eigenvalue weighted by Gasteiger charge is -2.44. The number of carbonyl (C=O) groups excluding carboxylic acids is 1. The lowest BCUT2D eigenvalue weighted by molar-refractivity contribution is -0.0926. The van der Waals surface area contributed by atoms with Gasteiger partial charge in [-0.05, 0) is 42.0 Å². The largest absolute Gasteiger partial charge is 0.493 e. The molecule has 0 saturated carbocycles. The van der Waals surface area contributed by atoms with Crippen LogP contribution in [0.25, 0.3) is 0 Å². The molecule has 1 aromatic carbocycles. The first kappa shape index (κ1) is 17.4. The zero-order chi connectivity index (χ0) is 18.1. The second kappa shape index (κ2) is 6.93. The number of rotatable bonds is 3. The van der Waals surface area contributed by atoms with Gasteiger partial charge >= 0.3 is 0 Å². The maximum Gasteiger partial charge on any atom is 0.257 e. The Labute approximate surface area is 157 Å². The second-order valence-electron chi connectivity index (χ2n) is 6.68. The number of benzene rings is 1. The van der Waals surface area contributed by atoms with Crippen molar-refractivity contribution in [1.82, 2.24) is 4.90 Å². The number of para-hydroxylation sites is 1. The van der Waals surface area contributed by atoms with Crippen LogP contribution in [0.4, 0.5) is 0 Å². The highest BCUT2D eigenvalue weighted by atomic mass is 32.1. The molecule has 1 saturated heterocycles. The van der Waals surface area contributed by atoms with E-state index in [0.29, 0.717) is 30.2 Å². The Morgan fingerprint density at radius 3 is 2.73 bits per heavy atom. The smallest absolute Gasteiger partial charge is 0.257 e. The van der Waals surface area contributed by atoms with Crippen LogP contribution >= 0.6 is 11.3 Å². The molecule has 0 aliphatic carbocycles. The molecule has 0 bridgehead atoms. The fourth-order valence-electron chi connectivity index (χ4n) is 4.07. The van der Waals surface area contributed by atoms with Crippen molar-refractivity contribution in [3.05, 3.63) is 45.6 Å². The number of likely N-dealkylation sites (tertiary alicyclic amines) is 1. The minimum absolute atomic E-state index is 0.0167. The summed E-state index contributed by atoms with van der Waals surface area (Å²) in [6.07, 6.45) is 2.65. The molecule has 26 heavy (non-hydrogen) atoms. The van der Waals surface area contributed by atoms with E-state index in [1.807, 2.05) is 22.3 Å². The highest BCUT2D eigenvalue weighted by Crippen LogP contribution is 2.43. The Hall–Kier alpha value is -2.05. The van der Waals surface area contributed by atoms with Crippen molar-refractivity contribution in [2.75, 3.05) is 33.9 Å². The number of hydrogen-bond donors (Lipinski definition) is 0. The molecule has 0 N–H and O–H groups in total. The van der Waals surface area contributed by atoms with Gasteiger partial charge in [0.1, 0.15) is 0 Å². The number of piperidine rings is 1. The Morgan fingerprint density at radius 2 is 2.00 bits per heavy atom. The molecule has 1 aromatic heterocycles. The van der Waals surface area contributed by atoms with Gasteiger partial charge in [0.05, 0.1) is 32.0 Å². The molecule has 2 aliphatic rings. The second-order valence-corrected chi connectivity index (χ2v) is 7.68. The van der Waals surface area contributed by atoms with Gasteiger partial charge in [-0.15, -0.1) is 11.3 Å². The van der Waals surface area contributed by atoms with Crippen LogP contribution in [0, 0.1) is 0 Å². The molecule has 138 valence electrons. The number of thiophene rings is 1. The average molecular weight is 373 g/mol. The molecule has 2 aliphatic heterocycles. The zero-order valence-electron chi connectivity index (χ0n) is 15.1. The normalized spacial score (nSPS) is 18.5. The molecule has 0 radical (unpaired) electrons. The molecule has 0 atom stereocenters. The monoisotopic (exact) mass is 373 g/mol. The minimum Gasteiger partial charge on any atom is -0.493 e. The summed E-state index contributed by atoms with van der Waals surface area (Å²) in [6.45, 7) is 2.12. The summed E-state index contributed by atoms with van der Waals surface area (Å²) in [5.74, 6) is 1.05. The van der Waals surface area contributed by atoms with E-state index in [1.54, 1.807) is 26.4 Å². The average Bonchev–Trinajstić information content (AvgIpc) is 3.18. The predicted octanol–water partition coefficient (Wildman–Crippen LogP) is 3.47. The number of hydrogen-bond acceptors (Lipinski definition) is 5. The molecular weight excluding hydrogens is 350 g/mol. The van der Waals surface area contributed by atoms with Crippen molar-refractivity contribution < 1.29 is 19.0 Å². The molecule has 2 aromatic rings. The van der Waals surface area contributed by atoms with E-state index >= 15 is 0 Å². The molecular formula is C20H23NO4S.